The van der Waals surface area contributed by atoms with Gasteiger partial charge in [-0.05, 0) is 12.8 Å². The SMILES string of the molecule is CC(=O)O.CC(=O)O.NC(N)=NCCC[C@H](N)C(=O)O.N[C@@H](Cc1cnc[nH]1)C(=O)O. The Morgan fingerprint density at radius 2 is 1.45 bits per heavy atom. The number of hydrogen-bond donors (Lipinski definition) is 9. The number of nitrogens with one attached hydrogen (secondary N) is 1. The summed E-state index contributed by atoms with van der Waals surface area (Å²) in [5, 5.41) is 31.6. The van der Waals surface area contributed by atoms with Crippen molar-refractivity contribution in [1.29, 1.82) is 0 Å². The average Bonchev–Trinajstić information content (AvgIpc) is 3.10. The summed E-state index contributed by atoms with van der Waals surface area (Å²) in [5.41, 5.74) is 21.3. The van der Waals surface area contributed by atoms with Crippen LogP contribution < -0.4 is 22.9 Å². The van der Waals surface area contributed by atoms with Crippen LogP contribution in [0.5, 0.6) is 0 Å². The van der Waals surface area contributed by atoms with Gasteiger partial charge in [0.05, 0.1) is 6.33 Å². The number of guanidine groups is 1. The molecule has 13 N–H and O–H groups in total. The van der Waals surface area contributed by atoms with Crippen molar-refractivity contribution < 1.29 is 39.6 Å². The molecule has 1 heterocycles. The van der Waals surface area contributed by atoms with E-state index >= 15 is 0 Å². The highest BCUT2D eigenvalue weighted by atomic mass is 16.4. The van der Waals surface area contributed by atoms with E-state index in [1.807, 2.05) is 0 Å². The van der Waals surface area contributed by atoms with Crippen molar-refractivity contribution in [3.8, 4) is 0 Å². The summed E-state index contributed by atoms with van der Waals surface area (Å²) in [6.07, 6.45) is 4.29. The lowest BCUT2D eigenvalue weighted by molar-refractivity contribution is -0.139. The fourth-order valence-electron chi connectivity index (χ4n) is 1.36. The molecule has 0 bridgehead atoms. The number of H-pyrrole nitrogens is 1. The third-order valence-corrected chi connectivity index (χ3v) is 2.60. The fourth-order valence-corrected chi connectivity index (χ4v) is 1.36. The second-order valence-corrected chi connectivity index (χ2v) is 5.66. The predicted molar refractivity (Wildman–Crippen MR) is 110 cm³/mol. The Balaban J connectivity index is -0.000000378. The third kappa shape index (κ3) is 31.2. The second-order valence-electron chi connectivity index (χ2n) is 5.66. The molecule has 15 nitrogen and oxygen atoms in total. The molecule has 0 fully saturated rings. The number of aliphatic imine (C=N–C) groups is 1. The van der Waals surface area contributed by atoms with E-state index in [4.69, 9.17) is 52.9 Å². The molecule has 0 unspecified atom stereocenters. The van der Waals surface area contributed by atoms with Gasteiger partial charge in [0.2, 0.25) is 0 Å². The molecule has 0 saturated carbocycles. The van der Waals surface area contributed by atoms with Crippen LogP contribution >= 0.6 is 0 Å². The van der Waals surface area contributed by atoms with Crippen LogP contribution in [0.3, 0.4) is 0 Å². The van der Waals surface area contributed by atoms with Gasteiger partial charge >= 0.3 is 11.9 Å². The number of aliphatic carboxylic acids is 4. The minimum atomic E-state index is -1.00. The zero-order valence-corrected chi connectivity index (χ0v) is 17.3. The normalized spacial score (nSPS) is 10.8. The van der Waals surface area contributed by atoms with E-state index in [2.05, 4.69) is 15.0 Å². The van der Waals surface area contributed by atoms with Crippen molar-refractivity contribution in [1.82, 2.24) is 9.97 Å². The van der Waals surface area contributed by atoms with Gasteiger partial charge in [-0.1, -0.05) is 0 Å². The topological polar surface area (TPSA) is 294 Å². The first-order chi connectivity index (χ1) is 14.2. The molecule has 15 heteroatoms. The summed E-state index contributed by atoms with van der Waals surface area (Å²) in [4.78, 5) is 48.7. The lowest BCUT2D eigenvalue weighted by Crippen LogP contribution is -2.32. The van der Waals surface area contributed by atoms with Gasteiger partial charge in [-0.3, -0.25) is 24.2 Å². The van der Waals surface area contributed by atoms with Crippen LogP contribution in [-0.2, 0) is 25.6 Å². The number of carboxylic acids is 4. The number of aromatic amines is 1. The molecular weight excluding hydrogens is 418 g/mol. The largest absolute Gasteiger partial charge is 0.481 e. The first-order valence-electron chi connectivity index (χ1n) is 8.59. The van der Waals surface area contributed by atoms with Gasteiger partial charge in [-0.2, -0.15) is 0 Å². The van der Waals surface area contributed by atoms with E-state index in [1.54, 1.807) is 6.20 Å². The number of nitrogens with zero attached hydrogens (tertiary/aromatic N) is 2. The maximum absolute atomic E-state index is 10.3. The van der Waals surface area contributed by atoms with E-state index in [0.717, 1.165) is 19.5 Å². The van der Waals surface area contributed by atoms with E-state index in [9.17, 15) is 9.59 Å². The van der Waals surface area contributed by atoms with Crippen LogP contribution in [0.15, 0.2) is 17.5 Å². The molecule has 0 aliphatic rings. The Morgan fingerprint density at radius 1 is 1.00 bits per heavy atom. The number of hydrogen-bond acceptors (Lipinski definition) is 8. The lowest BCUT2D eigenvalue weighted by Gasteiger charge is -2.03. The van der Waals surface area contributed by atoms with E-state index in [0.29, 0.717) is 19.4 Å². The van der Waals surface area contributed by atoms with Gasteiger partial charge in [0.1, 0.15) is 12.1 Å². The second kappa shape index (κ2) is 19.6. The summed E-state index contributed by atoms with van der Waals surface area (Å²) in [7, 11) is 0. The summed E-state index contributed by atoms with van der Waals surface area (Å²) < 4.78 is 0. The maximum atomic E-state index is 10.3. The molecule has 1 rings (SSSR count). The van der Waals surface area contributed by atoms with Crippen molar-refractivity contribution in [2.45, 2.75) is 45.2 Å². The van der Waals surface area contributed by atoms with Gasteiger partial charge < -0.3 is 48.3 Å². The molecule has 0 amide bonds. The van der Waals surface area contributed by atoms with Crippen LogP contribution in [-0.4, -0.2) is 78.9 Å². The highest BCUT2D eigenvalue weighted by Gasteiger charge is 2.12. The molecule has 0 aliphatic heterocycles. The Kier molecular flexibility index (Phi) is 20.2. The van der Waals surface area contributed by atoms with Crippen LogP contribution in [0.1, 0.15) is 32.4 Å². The molecule has 0 saturated heterocycles. The molecule has 0 aromatic carbocycles. The van der Waals surface area contributed by atoms with Crippen molar-refractivity contribution in [2.24, 2.45) is 27.9 Å². The molecule has 0 aliphatic carbocycles. The third-order valence-electron chi connectivity index (χ3n) is 2.60. The zero-order chi connectivity index (χ0) is 25.0. The molecule has 1 aromatic rings. The molecule has 0 spiro atoms. The quantitative estimate of drug-likeness (QED) is 0.118. The highest BCUT2D eigenvalue weighted by molar-refractivity contribution is 5.75. The number of imidazole rings is 1. The lowest BCUT2D eigenvalue weighted by atomic mass is 10.2. The van der Waals surface area contributed by atoms with Gasteiger partial charge in [0.25, 0.3) is 11.9 Å². The van der Waals surface area contributed by atoms with Gasteiger partial charge in [0.15, 0.2) is 5.96 Å². The average molecular weight is 449 g/mol. The van der Waals surface area contributed by atoms with Gasteiger partial charge in [0, 0.05) is 38.7 Å². The monoisotopic (exact) mass is 449 g/mol. The number of aromatic nitrogens is 2. The minimum absolute atomic E-state index is 0.0129. The summed E-state index contributed by atoms with van der Waals surface area (Å²) >= 11 is 0. The molecule has 1 aromatic heterocycles. The van der Waals surface area contributed by atoms with Crippen LogP contribution in [0.2, 0.25) is 0 Å². The smallest absolute Gasteiger partial charge is 0.320 e. The molecular formula is C16H31N7O8. The van der Waals surface area contributed by atoms with Crippen molar-refractivity contribution in [3.63, 3.8) is 0 Å². The Labute approximate surface area is 178 Å². The van der Waals surface area contributed by atoms with Gasteiger partial charge in [-0.25, -0.2) is 4.98 Å². The summed E-state index contributed by atoms with van der Waals surface area (Å²) in [6, 6.07) is -1.67. The standard InChI is InChI=1S/C6H14N4O2.C6H9N3O2.2C2H4O2/c7-4(5(11)12)2-1-3-10-6(8)9;7-5(6(10)11)1-4-2-8-3-9-4;2*1-2(3)4/h4H,1-3,7H2,(H,11,12)(H4,8,9,10);2-3,5H,1,7H2,(H,8,9)(H,10,11);2*1H3,(H,3,4)/t4-;5-;;/m00../s1. The first-order valence-corrected chi connectivity index (χ1v) is 8.59. The van der Waals surface area contributed by atoms with Crippen molar-refractivity contribution in [3.05, 3.63) is 18.2 Å². The highest BCUT2D eigenvalue weighted by Crippen LogP contribution is 1.95. The molecule has 2 atom stereocenters. The molecule has 0 radical (unpaired) electrons. The van der Waals surface area contributed by atoms with E-state index < -0.39 is 36.0 Å². The van der Waals surface area contributed by atoms with E-state index in [-0.39, 0.29) is 12.4 Å². The van der Waals surface area contributed by atoms with Crippen LogP contribution in [0.25, 0.3) is 0 Å². The summed E-state index contributed by atoms with van der Waals surface area (Å²) in [5.74, 6) is -3.65. The number of rotatable bonds is 8. The van der Waals surface area contributed by atoms with Crippen molar-refractivity contribution >= 4 is 29.8 Å². The number of carboxylic acid groups (broad SMARTS) is 4. The Hall–Kier alpha value is -3.72. The van der Waals surface area contributed by atoms with Gasteiger partial charge in [-0.15, -0.1) is 0 Å². The zero-order valence-electron chi connectivity index (χ0n) is 17.3. The summed E-state index contributed by atoms with van der Waals surface area (Å²) in [6.45, 7) is 2.59. The fraction of sp³-hybridized carbons (Fsp3) is 0.500. The first kappa shape index (κ1) is 32.0. The maximum Gasteiger partial charge on any atom is 0.320 e. The van der Waals surface area contributed by atoms with Crippen molar-refractivity contribution in [2.75, 3.05) is 6.54 Å². The van der Waals surface area contributed by atoms with E-state index in [1.165, 1.54) is 6.33 Å². The number of nitrogens with two attached hydrogens (primary N) is 4. The molecule has 31 heavy (non-hydrogen) atoms. The number of carbonyl (C=O) groups is 4. The Bertz CT molecular complexity index is 656. The Morgan fingerprint density at radius 3 is 1.77 bits per heavy atom. The molecule has 178 valence electrons. The van der Waals surface area contributed by atoms with Crippen LogP contribution in [0.4, 0.5) is 0 Å². The minimum Gasteiger partial charge on any atom is -0.481 e. The van der Waals surface area contributed by atoms with Crippen LogP contribution in [0, 0.1) is 0 Å². The predicted octanol–water partition coefficient (Wildman–Crippen LogP) is -2.00.